The van der Waals surface area contributed by atoms with Gasteiger partial charge in [0.15, 0.2) is 0 Å². The van der Waals surface area contributed by atoms with Crippen molar-refractivity contribution in [3.05, 3.63) is 70.8 Å². The first-order chi connectivity index (χ1) is 16.9. The Bertz CT molecular complexity index is 1250. The molecule has 35 heavy (non-hydrogen) atoms. The smallest absolute Gasteiger partial charge is 0.266 e. The van der Waals surface area contributed by atoms with Gasteiger partial charge >= 0.3 is 0 Å². The predicted octanol–water partition coefficient (Wildman–Crippen LogP) is 5.87. The maximum Gasteiger partial charge on any atom is 0.266 e. The first-order valence-corrected chi connectivity index (χ1v) is 12.8. The fraction of sp³-hybridized carbons (Fsp3) is 0.296. The van der Waals surface area contributed by atoms with Crippen LogP contribution < -0.4 is 4.74 Å². The number of nitrogens with zero attached hydrogens (tertiary/aromatic N) is 3. The van der Waals surface area contributed by atoms with E-state index in [9.17, 15) is 4.79 Å². The predicted molar refractivity (Wildman–Crippen MR) is 146 cm³/mol. The van der Waals surface area contributed by atoms with E-state index >= 15 is 0 Å². The third-order valence-corrected chi connectivity index (χ3v) is 6.86. The van der Waals surface area contributed by atoms with Gasteiger partial charge < -0.3 is 9.47 Å². The van der Waals surface area contributed by atoms with Gasteiger partial charge in [-0.2, -0.15) is 5.10 Å². The quantitative estimate of drug-likeness (QED) is 0.205. The Morgan fingerprint density at radius 2 is 1.94 bits per heavy atom. The zero-order chi connectivity index (χ0) is 24.9. The number of ether oxygens (including phenoxy) is 2. The molecule has 0 unspecified atom stereocenters. The van der Waals surface area contributed by atoms with Crippen LogP contribution in [0.5, 0.6) is 5.75 Å². The van der Waals surface area contributed by atoms with Gasteiger partial charge in [-0.3, -0.25) is 9.69 Å². The van der Waals surface area contributed by atoms with E-state index in [0.29, 0.717) is 22.4 Å². The lowest BCUT2D eigenvalue weighted by Gasteiger charge is -2.13. The van der Waals surface area contributed by atoms with E-state index in [-0.39, 0.29) is 12.0 Å². The second-order valence-corrected chi connectivity index (χ2v) is 10.2. The monoisotopic (exact) mass is 507 g/mol. The molecule has 1 aromatic heterocycles. The lowest BCUT2D eigenvalue weighted by molar-refractivity contribution is -0.122. The molecule has 4 rings (SSSR count). The van der Waals surface area contributed by atoms with E-state index in [1.165, 1.54) is 11.8 Å². The summed E-state index contributed by atoms with van der Waals surface area (Å²) in [5.41, 5.74) is 4.62. The molecule has 1 saturated heterocycles. The Morgan fingerprint density at radius 1 is 1.17 bits per heavy atom. The Labute approximate surface area is 215 Å². The molecule has 0 N–H and O–H groups in total. The third kappa shape index (κ3) is 5.83. The number of carbonyl (C=O) groups excluding carboxylic acids is 1. The maximum atomic E-state index is 13.1. The minimum absolute atomic E-state index is 0.0769. The first-order valence-electron chi connectivity index (χ1n) is 11.5. The summed E-state index contributed by atoms with van der Waals surface area (Å²) in [4.78, 5) is 15.4. The average Bonchev–Trinajstić information content (AvgIpc) is 3.35. The molecule has 0 aliphatic carbocycles. The summed E-state index contributed by atoms with van der Waals surface area (Å²) in [5, 5.41) is 4.92. The summed E-state index contributed by atoms with van der Waals surface area (Å²) in [7, 11) is 1.65. The van der Waals surface area contributed by atoms with Gasteiger partial charge in [0.2, 0.25) is 0 Å². The fourth-order valence-electron chi connectivity index (χ4n) is 3.86. The van der Waals surface area contributed by atoms with E-state index in [4.69, 9.17) is 26.8 Å². The van der Waals surface area contributed by atoms with Crippen LogP contribution in [-0.4, -0.2) is 51.3 Å². The zero-order valence-corrected chi connectivity index (χ0v) is 22.0. The summed E-state index contributed by atoms with van der Waals surface area (Å²) in [5.74, 6) is 0.745. The molecule has 2 heterocycles. The van der Waals surface area contributed by atoms with Crippen LogP contribution in [0.2, 0.25) is 0 Å². The van der Waals surface area contributed by atoms with Gasteiger partial charge in [0.1, 0.15) is 15.8 Å². The molecule has 8 heteroatoms. The maximum absolute atomic E-state index is 13.1. The van der Waals surface area contributed by atoms with Gasteiger partial charge in [-0.1, -0.05) is 42.2 Å². The van der Waals surface area contributed by atoms with Crippen molar-refractivity contribution in [2.24, 2.45) is 0 Å². The molecule has 182 valence electrons. The minimum Gasteiger partial charge on any atom is -0.491 e. The van der Waals surface area contributed by atoms with Gasteiger partial charge in [0, 0.05) is 37.6 Å². The highest BCUT2D eigenvalue weighted by atomic mass is 32.2. The molecule has 3 aromatic rings. The van der Waals surface area contributed by atoms with Gasteiger partial charge in [-0.15, -0.1) is 0 Å². The Hall–Kier alpha value is -2.94. The largest absolute Gasteiger partial charge is 0.491 e. The highest BCUT2D eigenvalue weighted by molar-refractivity contribution is 8.26. The van der Waals surface area contributed by atoms with Crippen molar-refractivity contribution in [3.8, 4) is 22.7 Å². The number of rotatable bonds is 9. The van der Waals surface area contributed by atoms with Crippen LogP contribution in [-0.2, 0) is 9.53 Å². The number of carbonyl (C=O) groups is 1. The molecule has 0 radical (unpaired) electrons. The van der Waals surface area contributed by atoms with Gasteiger partial charge in [-0.25, -0.2) is 4.68 Å². The molecular weight excluding hydrogens is 478 g/mol. The molecule has 1 fully saturated rings. The molecule has 0 bridgehead atoms. The third-order valence-electron chi connectivity index (χ3n) is 5.48. The van der Waals surface area contributed by atoms with E-state index in [0.717, 1.165) is 40.2 Å². The van der Waals surface area contributed by atoms with Gasteiger partial charge in [0.25, 0.3) is 5.91 Å². The molecule has 1 aliphatic heterocycles. The van der Waals surface area contributed by atoms with Crippen LogP contribution in [0.4, 0.5) is 0 Å². The highest BCUT2D eigenvalue weighted by Gasteiger charge is 2.32. The molecule has 1 aliphatic rings. The van der Waals surface area contributed by atoms with Crippen molar-refractivity contribution in [2.45, 2.75) is 33.3 Å². The summed E-state index contributed by atoms with van der Waals surface area (Å²) in [6.45, 7) is 7.19. The molecule has 6 nitrogen and oxygen atoms in total. The summed E-state index contributed by atoms with van der Waals surface area (Å²) >= 11 is 6.82. The Kier molecular flexibility index (Phi) is 8.05. The topological polar surface area (TPSA) is 56.6 Å². The first kappa shape index (κ1) is 25.2. The number of hydrogen-bond acceptors (Lipinski definition) is 6. The number of benzene rings is 2. The second kappa shape index (κ2) is 11.2. The van der Waals surface area contributed by atoms with Crippen molar-refractivity contribution in [1.82, 2.24) is 14.7 Å². The number of amides is 1. The summed E-state index contributed by atoms with van der Waals surface area (Å²) in [6.07, 6.45) is 4.69. The lowest BCUT2D eigenvalue weighted by atomic mass is 10.0. The number of para-hydroxylation sites is 1. The van der Waals surface area contributed by atoms with Crippen LogP contribution in [0, 0.1) is 6.92 Å². The number of aromatic nitrogens is 2. The standard InChI is InChI=1S/C27H29N3O3S2/c1-18(2)33-22-11-12-23(19(3)15-22)25-20(17-30(28-25)21-9-6-5-7-10-21)16-24-26(31)29(27(34)35-24)13-8-14-32-4/h5-7,9-12,15-18H,8,13-14H2,1-4H3. The second-order valence-electron chi connectivity index (χ2n) is 8.54. The molecule has 0 saturated carbocycles. The molecule has 2 aromatic carbocycles. The fourth-order valence-corrected chi connectivity index (χ4v) is 5.16. The van der Waals surface area contributed by atoms with Crippen molar-refractivity contribution in [2.75, 3.05) is 20.3 Å². The average molecular weight is 508 g/mol. The van der Waals surface area contributed by atoms with E-state index in [1.807, 2.05) is 86.3 Å². The molecule has 0 spiro atoms. The van der Waals surface area contributed by atoms with Gasteiger partial charge in [-0.05, 0) is 69.2 Å². The number of thioether (sulfide) groups is 1. The molecular formula is C27H29N3O3S2. The summed E-state index contributed by atoms with van der Waals surface area (Å²) < 4.78 is 13.4. The summed E-state index contributed by atoms with van der Waals surface area (Å²) in [6, 6.07) is 15.9. The van der Waals surface area contributed by atoms with Crippen molar-refractivity contribution >= 4 is 40.3 Å². The normalized spacial score (nSPS) is 15.0. The van der Waals surface area contributed by atoms with Crippen molar-refractivity contribution in [3.63, 3.8) is 0 Å². The van der Waals surface area contributed by atoms with Crippen LogP contribution in [0.1, 0.15) is 31.4 Å². The van der Waals surface area contributed by atoms with E-state index < -0.39 is 0 Å². The van der Waals surface area contributed by atoms with Crippen molar-refractivity contribution in [1.29, 1.82) is 0 Å². The van der Waals surface area contributed by atoms with Crippen LogP contribution >= 0.6 is 24.0 Å². The Morgan fingerprint density at radius 3 is 2.63 bits per heavy atom. The molecule has 1 amide bonds. The van der Waals surface area contributed by atoms with Crippen LogP contribution in [0.3, 0.4) is 0 Å². The van der Waals surface area contributed by atoms with E-state index in [1.54, 1.807) is 12.0 Å². The van der Waals surface area contributed by atoms with Crippen molar-refractivity contribution < 1.29 is 14.3 Å². The number of hydrogen-bond donors (Lipinski definition) is 0. The van der Waals surface area contributed by atoms with Crippen LogP contribution in [0.15, 0.2) is 59.6 Å². The Balaban J connectivity index is 1.74. The lowest BCUT2D eigenvalue weighted by Crippen LogP contribution is -2.29. The zero-order valence-electron chi connectivity index (χ0n) is 20.4. The number of aryl methyl sites for hydroxylation is 1. The number of thiocarbonyl (C=S) groups is 1. The minimum atomic E-state index is -0.0769. The highest BCUT2D eigenvalue weighted by Crippen LogP contribution is 2.36. The van der Waals surface area contributed by atoms with E-state index in [2.05, 4.69) is 0 Å². The van der Waals surface area contributed by atoms with Crippen LogP contribution in [0.25, 0.3) is 23.0 Å². The molecule has 0 atom stereocenters. The number of methoxy groups -OCH3 is 1. The SMILES string of the molecule is COCCCN1C(=O)C(=Cc2cn(-c3ccccc3)nc2-c2ccc(OC(C)C)cc2C)SC1=S. The van der Waals surface area contributed by atoms with Gasteiger partial charge in [0.05, 0.1) is 16.7 Å².